The van der Waals surface area contributed by atoms with Crippen molar-refractivity contribution in [3.05, 3.63) is 218 Å². The third kappa shape index (κ3) is 5.61. The molecule has 0 bridgehead atoms. The summed E-state index contributed by atoms with van der Waals surface area (Å²) in [6.45, 7) is 0. The van der Waals surface area contributed by atoms with Gasteiger partial charge in [0.05, 0.1) is 11.0 Å². The minimum Gasteiger partial charge on any atom is -0.292 e. The summed E-state index contributed by atoms with van der Waals surface area (Å²) in [6, 6.07) is 79.0. The van der Waals surface area contributed by atoms with Gasteiger partial charge in [-0.25, -0.2) is 4.98 Å². The van der Waals surface area contributed by atoms with E-state index in [1.165, 1.54) is 71.3 Å². The molecular weight excluding hydrogens is 689 g/mol. The molecule has 0 aliphatic rings. The molecule has 0 fully saturated rings. The molecule has 0 unspecified atom stereocenters. The monoisotopic (exact) mass is 724 g/mol. The van der Waals surface area contributed by atoms with Crippen LogP contribution < -0.4 is 0 Å². The normalized spacial score (nSPS) is 11.5. The third-order valence-corrected chi connectivity index (χ3v) is 11.4. The Balaban J connectivity index is 1.12. The van der Waals surface area contributed by atoms with Gasteiger partial charge in [-0.3, -0.25) is 4.57 Å². The van der Waals surface area contributed by atoms with Crippen molar-refractivity contribution in [2.24, 2.45) is 0 Å². The lowest BCUT2D eigenvalue weighted by molar-refractivity contribution is 1.10. The van der Waals surface area contributed by atoms with Crippen LogP contribution >= 0.6 is 0 Å². The van der Waals surface area contributed by atoms with Gasteiger partial charge >= 0.3 is 0 Å². The number of hydrogen-bond donors (Lipinski definition) is 0. The Bertz CT molecular complexity index is 3250. The first-order valence-electron chi connectivity index (χ1n) is 19.5. The van der Waals surface area contributed by atoms with Crippen molar-refractivity contribution in [3.63, 3.8) is 0 Å². The summed E-state index contributed by atoms with van der Waals surface area (Å²) in [5.41, 5.74) is 14.0. The smallest absolute Gasteiger partial charge is 0.145 e. The molecular formula is C55H36N2. The van der Waals surface area contributed by atoms with Crippen molar-refractivity contribution < 1.29 is 0 Å². The lowest BCUT2D eigenvalue weighted by Crippen LogP contribution is -1.97. The highest BCUT2D eigenvalue weighted by atomic mass is 15.1. The number of para-hydroxylation sites is 2. The van der Waals surface area contributed by atoms with E-state index < -0.39 is 0 Å². The predicted octanol–water partition coefficient (Wildman–Crippen LogP) is 14.8. The topological polar surface area (TPSA) is 17.8 Å². The van der Waals surface area contributed by atoms with E-state index in [-0.39, 0.29) is 0 Å². The fraction of sp³-hybridized carbons (Fsp3) is 0. The second kappa shape index (κ2) is 13.6. The summed E-state index contributed by atoms with van der Waals surface area (Å²) in [7, 11) is 0. The summed E-state index contributed by atoms with van der Waals surface area (Å²) in [5.74, 6) is 0.937. The molecule has 0 saturated heterocycles. The molecule has 57 heavy (non-hydrogen) atoms. The van der Waals surface area contributed by atoms with Crippen LogP contribution in [-0.2, 0) is 0 Å². The molecule has 11 aromatic rings. The Labute approximate surface area is 331 Å². The Hall–Kier alpha value is -7.55. The fourth-order valence-corrected chi connectivity index (χ4v) is 8.76. The van der Waals surface area contributed by atoms with Crippen LogP contribution in [0.3, 0.4) is 0 Å². The average molecular weight is 725 g/mol. The molecule has 2 nitrogen and oxygen atoms in total. The number of rotatable bonds is 6. The van der Waals surface area contributed by atoms with Crippen LogP contribution in [0.15, 0.2) is 218 Å². The third-order valence-electron chi connectivity index (χ3n) is 11.4. The van der Waals surface area contributed by atoms with Gasteiger partial charge in [0.1, 0.15) is 5.82 Å². The van der Waals surface area contributed by atoms with Gasteiger partial charge in [-0.15, -0.1) is 0 Å². The molecule has 2 heteroatoms. The predicted molar refractivity (Wildman–Crippen MR) is 241 cm³/mol. The number of nitrogens with zero attached hydrogens (tertiary/aromatic N) is 2. The van der Waals surface area contributed by atoms with Gasteiger partial charge in [0.15, 0.2) is 0 Å². The van der Waals surface area contributed by atoms with Crippen molar-refractivity contribution in [2.75, 3.05) is 0 Å². The number of benzene rings is 10. The zero-order chi connectivity index (χ0) is 37.7. The molecule has 0 amide bonds. The van der Waals surface area contributed by atoms with Gasteiger partial charge in [-0.1, -0.05) is 182 Å². The van der Waals surface area contributed by atoms with Crippen LogP contribution in [0.1, 0.15) is 0 Å². The van der Waals surface area contributed by atoms with Crippen LogP contribution in [0.2, 0.25) is 0 Å². The molecule has 0 aliphatic heterocycles. The molecule has 11 rings (SSSR count). The molecule has 0 radical (unpaired) electrons. The van der Waals surface area contributed by atoms with Gasteiger partial charge in [-0.2, -0.15) is 0 Å². The van der Waals surface area contributed by atoms with E-state index in [4.69, 9.17) is 4.98 Å². The van der Waals surface area contributed by atoms with Crippen LogP contribution in [0, 0.1) is 0 Å². The summed E-state index contributed by atoms with van der Waals surface area (Å²) < 4.78 is 2.27. The summed E-state index contributed by atoms with van der Waals surface area (Å²) >= 11 is 0. The minimum absolute atomic E-state index is 0.937. The van der Waals surface area contributed by atoms with E-state index in [2.05, 4.69) is 217 Å². The van der Waals surface area contributed by atoms with E-state index in [1.807, 2.05) is 6.07 Å². The van der Waals surface area contributed by atoms with Crippen molar-refractivity contribution in [1.29, 1.82) is 0 Å². The lowest BCUT2D eigenvalue weighted by Gasteiger charge is -2.20. The second-order valence-electron chi connectivity index (χ2n) is 14.7. The quantitative estimate of drug-likeness (QED) is 0.156. The van der Waals surface area contributed by atoms with Crippen LogP contribution in [0.4, 0.5) is 0 Å². The summed E-state index contributed by atoms with van der Waals surface area (Å²) in [4.78, 5) is 5.07. The Morgan fingerprint density at radius 3 is 1.53 bits per heavy atom. The maximum Gasteiger partial charge on any atom is 0.145 e. The molecule has 0 N–H and O–H groups in total. The maximum atomic E-state index is 5.07. The average Bonchev–Trinajstić information content (AvgIpc) is 3.68. The zero-order valence-electron chi connectivity index (χ0n) is 31.2. The van der Waals surface area contributed by atoms with Crippen molar-refractivity contribution in [3.8, 4) is 61.6 Å². The standard InChI is InChI=1S/C55H36N2/c1-4-16-39(17-5-1)53-48-34-30-43(46-24-14-22-38-15-10-11-23-45(38)46)36-50(48)54(40-18-6-2-7-19-40)47-33-29-42(35-49(47)53)37-27-31-44(32-28-37)57-52-26-13-12-25-51(52)56-55(57)41-20-8-3-9-21-41/h1-36H. The van der Waals surface area contributed by atoms with Gasteiger partial charge in [-0.05, 0) is 113 Å². The Kier molecular flexibility index (Phi) is 7.86. The highest BCUT2D eigenvalue weighted by molar-refractivity contribution is 6.22. The van der Waals surface area contributed by atoms with E-state index in [9.17, 15) is 0 Å². The van der Waals surface area contributed by atoms with Gasteiger partial charge in [0.2, 0.25) is 0 Å². The van der Waals surface area contributed by atoms with Crippen LogP contribution in [-0.4, -0.2) is 9.55 Å². The first-order valence-corrected chi connectivity index (χ1v) is 19.5. The molecule has 0 aliphatic carbocycles. The van der Waals surface area contributed by atoms with Crippen LogP contribution in [0.25, 0.3) is 105 Å². The van der Waals surface area contributed by atoms with Gasteiger partial charge < -0.3 is 0 Å². The van der Waals surface area contributed by atoms with E-state index in [0.717, 1.165) is 33.7 Å². The number of hydrogen-bond acceptors (Lipinski definition) is 1. The van der Waals surface area contributed by atoms with Crippen LogP contribution in [0.5, 0.6) is 0 Å². The molecule has 0 atom stereocenters. The number of aromatic nitrogens is 2. The maximum absolute atomic E-state index is 5.07. The molecule has 1 aromatic heterocycles. The van der Waals surface area contributed by atoms with Crippen molar-refractivity contribution in [2.45, 2.75) is 0 Å². The minimum atomic E-state index is 0.937. The first-order chi connectivity index (χ1) is 28.3. The van der Waals surface area contributed by atoms with Gasteiger partial charge in [0, 0.05) is 11.3 Å². The van der Waals surface area contributed by atoms with Crippen molar-refractivity contribution >= 4 is 43.4 Å². The SMILES string of the molecule is c1ccc(-c2c3ccc(-c4cccc5ccccc45)cc3c(-c3ccccc3)c3ccc(-c4ccc(-n5c(-c6ccccc6)nc6ccccc65)cc4)cc23)cc1. The van der Waals surface area contributed by atoms with E-state index in [1.54, 1.807) is 0 Å². The fourth-order valence-electron chi connectivity index (χ4n) is 8.76. The Morgan fingerprint density at radius 2 is 0.842 bits per heavy atom. The summed E-state index contributed by atoms with van der Waals surface area (Å²) in [6.07, 6.45) is 0. The number of imidazole rings is 1. The second-order valence-corrected chi connectivity index (χ2v) is 14.7. The molecule has 266 valence electrons. The molecule has 0 spiro atoms. The largest absolute Gasteiger partial charge is 0.292 e. The highest BCUT2D eigenvalue weighted by Gasteiger charge is 2.19. The number of fused-ring (bicyclic) bond motifs is 4. The first kappa shape index (κ1) is 32.8. The van der Waals surface area contributed by atoms with Crippen molar-refractivity contribution in [1.82, 2.24) is 9.55 Å². The Morgan fingerprint density at radius 1 is 0.316 bits per heavy atom. The zero-order valence-corrected chi connectivity index (χ0v) is 31.2. The highest BCUT2D eigenvalue weighted by Crippen LogP contribution is 2.46. The lowest BCUT2D eigenvalue weighted by atomic mass is 9.83. The van der Waals surface area contributed by atoms with E-state index in [0.29, 0.717) is 0 Å². The summed E-state index contributed by atoms with van der Waals surface area (Å²) in [5, 5.41) is 7.47. The molecule has 10 aromatic carbocycles. The van der Waals surface area contributed by atoms with E-state index >= 15 is 0 Å². The van der Waals surface area contributed by atoms with Gasteiger partial charge in [0.25, 0.3) is 0 Å². The molecule has 0 saturated carbocycles. The molecule has 1 heterocycles.